The van der Waals surface area contributed by atoms with Crippen LogP contribution in [0.15, 0.2) is 12.4 Å². The van der Waals surface area contributed by atoms with Crippen molar-refractivity contribution in [3.63, 3.8) is 0 Å². The molecule has 0 aromatic carbocycles. The van der Waals surface area contributed by atoms with Crippen LogP contribution in [0.5, 0.6) is 0 Å². The van der Waals surface area contributed by atoms with Crippen LogP contribution in [-0.2, 0) is 0 Å². The molecule has 1 saturated carbocycles. The summed E-state index contributed by atoms with van der Waals surface area (Å²) in [6.45, 7) is 4.39. The molecule has 5 heteroatoms. The van der Waals surface area contributed by atoms with Gasteiger partial charge in [-0.05, 0) is 37.0 Å². The second kappa shape index (κ2) is 4.47. The maximum atomic E-state index is 10.7. The molecule has 2 fully saturated rings. The Kier molecular flexibility index (Phi) is 2.92. The first-order valence-electron chi connectivity index (χ1n) is 6.89. The third-order valence-electron chi connectivity index (χ3n) is 4.65. The zero-order valence-corrected chi connectivity index (χ0v) is 11.2. The second-order valence-corrected chi connectivity index (χ2v) is 5.98. The fraction of sp³-hybridized carbons (Fsp3) is 0.643. The highest BCUT2D eigenvalue weighted by Gasteiger charge is 2.43. The second-order valence-electron chi connectivity index (χ2n) is 5.98. The SMILES string of the molecule is CC1(C2CC2)CCN(c2cnc(C(=O)O)cn2)CC1. The number of carbonyl (C=O) groups is 1. The molecule has 2 heterocycles. The Morgan fingerprint density at radius 2 is 2.00 bits per heavy atom. The zero-order chi connectivity index (χ0) is 13.5. The first kappa shape index (κ1) is 12.4. The Morgan fingerprint density at radius 3 is 2.47 bits per heavy atom. The molecule has 3 rings (SSSR count). The Morgan fingerprint density at radius 1 is 1.32 bits per heavy atom. The molecule has 0 bridgehead atoms. The van der Waals surface area contributed by atoms with Gasteiger partial charge in [0.15, 0.2) is 5.69 Å². The van der Waals surface area contributed by atoms with Crippen molar-refractivity contribution in [2.45, 2.75) is 32.6 Å². The summed E-state index contributed by atoms with van der Waals surface area (Å²) in [6, 6.07) is 0. The third kappa shape index (κ3) is 2.41. The third-order valence-corrected chi connectivity index (χ3v) is 4.65. The van der Waals surface area contributed by atoms with E-state index in [1.807, 2.05) is 0 Å². The zero-order valence-electron chi connectivity index (χ0n) is 11.2. The first-order valence-corrected chi connectivity index (χ1v) is 6.89. The summed E-state index contributed by atoms with van der Waals surface area (Å²) in [5.41, 5.74) is 0.508. The van der Waals surface area contributed by atoms with Crippen LogP contribution in [0, 0.1) is 11.3 Å². The van der Waals surface area contributed by atoms with E-state index in [4.69, 9.17) is 5.11 Å². The fourth-order valence-corrected chi connectivity index (χ4v) is 3.03. The van der Waals surface area contributed by atoms with E-state index in [-0.39, 0.29) is 5.69 Å². The highest BCUT2D eigenvalue weighted by atomic mass is 16.4. The molecule has 1 aliphatic carbocycles. The number of anilines is 1. The summed E-state index contributed by atoms with van der Waals surface area (Å²) in [5.74, 6) is 0.692. The molecular formula is C14H19N3O2. The minimum atomic E-state index is -1.03. The maximum Gasteiger partial charge on any atom is 0.356 e. The smallest absolute Gasteiger partial charge is 0.356 e. The van der Waals surface area contributed by atoms with Crippen LogP contribution in [0.25, 0.3) is 0 Å². The van der Waals surface area contributed by atoms with E-state index in [0.717, 1.165) is 24.8 Å². The minimum Gasteiger partial charge on any atom is -0.476 e. The Bertz CT molecular complexity index is 474. The lowest BCUT2D eigenvalue weighted by Crippen LogP contribution is -2.40. The summed E-state index contributed by atoms with van der Waals surface area (Å²) in [7, 11) is 0. The topological polar surface area (TPSA) is 66.3 Å². The first-order chi connectivity index (χ1) is 9.08. The van der Waals surface area contributed by atoms with Gasteiger partial charge in [-0.3, -0.25) is 0 Å². The number of rotatable bonds is 3. The molecule has 1 aromatic heterocycles. The van der Waals surface area contributed by atoms with Crippen LogP contribution in [0.3, 0.4) is 0 Å². The quantitative estimate of drug-likeness (QED) is 0.903. The number of nitrogens with zero attached hydrogens (tertiary/aromatic N) is 3. The number of hydrogen-bond donors (Lipinski definition) is 1. The number of carboxylic acid groups (broad SMARTS) is 1. The highest BCUT2D eigenvalue weighted by molar-refractivity contribution is 5.84. The lowest BCUT2D eigenvalue weighted by atomic mass is 9.76. The van der Waals surface area contributed by atoms with E-state index < -0.39 is 5.97 Å². The normalized spacial score (nSPS) is 22.3. The molecule has 102 valence electrons. The summed E-state index contributed by atoms with van der Waals surface area (Å²) in [6.07, 6.45) is 8.09. The fourth-order valence-electron chi connectivity index (χ4n) is 3.03. The molecule has 1 saturated heterocycles. The van der Waals surface area contributed by atoms with Gasteiger partial charge in [-0.15, -0.1) is 0 Å². The Balaban J connectivity index is 1.66. The molecule has 0 radical (unpaired) electrons. The van der Waals surface area contributed by atoms with Crippen LogP contribution in [0.4, 0.5) is 5.82 Å². The molecule has 1 N–H and O–H groups in total. The average molecular weight is 261 g/mol. The lowest BCUT2D eigenvalue weighted by molar-refractivity contribution is 0.0690. The van der Waals surface area contributed by atoms with Crippen LogP contribution in [0.2, 0.25) is 0 Å². The standard InChI is InChI=1S/C14H19N3O2/c1-14(10-2-3-10)4-6-17(7-5-14)12-9-15-11(8-16-12)13(18)19/h8-10H,2-7H2,1H3,(H,18,19). The lowest BCUT2D eigenvalue weighted by Gasteiger charge is -2.40. The van der Waals surface area contributed by atoms with Crippen molar-refractivity contribution in [3.8, 4) is 0 Å². The molecule has 5 nitrogen and oxygen atoms in total. The van der Waals surface area contributed by atoms with E-state index in [2.05, 4.69) is 21.8 Å². The van der Waals surface area contributed by atoms with Crippen LogP contribution in [0.1, 0.15) is 43.1 Å². The van der Waals surface area contributed by atoms with Crippen molar-refractivity contribution in [1.82, 2.24) is 9.97 Å². The summed E-state index contributed by atoms with van der Waals surface area (Å²) >= 11 is 0. The Labute approximate surface area is 112 Å². The molecule has 2 aliphatic rings. The van der Waals surface area contributed by atoms with Crippen LogP contribution >= 0.6 is 0 Å². The predicted molar refractivity (Wildman–Crippen MR) is 71.3 cm³/mol. The Hall–Kier alpha value is -1.65. The molecule has 1 aromatic rings. The van der Waals surface area contributed by atoms with Crippen LogP contribution < -0.4 is 4.90 Å². The molecule has 0 spiro atoms. The number of aromatic carboxylic acids is 1. The number of aromatic nitrogens is 2. The minimum absolute atomic E-state index is 0.00331. The van der Waals surface area contributed by atoms with E-state index in [9.17, 15) is 4.79 Å². The van der Waals surface area contributed by atoms with Gasteiger partial charge in [0.1, 0.15) is 5.82 Å². The van der Waals surface area contributed by atoms with E-state index in [1.54, 1.807) is 6.20 Å². The van der Waals surface area contributed by atoms with Crippen molar-refractivity contribution in [3.05, 3.63) is 18.1 Å². The number of hydrogen-bond acceptors (Lipinski definition) is 4. The van der Waals surface area contributed by atoms with E-state index in [0.29, 0.717) is 5.41 Å². The molecule has 0 amide bonds. The summed E-state index contributed by atoms with van der Waals surface area (Å²) in [5, 5.41) is 8.81. The number of piperidine rings is 1. The van der Waals surface area contributed by atoms with Gasteiger partial charge in [-0.25, -0.2) is 14.8 Å². The van der Waals surface area contributed by atoms with Crippen molar-refractivity contribution in [2.24, 2.45) is 11.3 Å². The van der Waals surface area contributed by atoms with E-state index in [1.165, 1.54) is 31.9 Å². The van der Waals surface area contributed by atoms with Crippen LogP contribution in [-0.4, -0.2) is 34.1 Å². The highest BCUT2D eigenvalue weighted by Crippen LogP contribution is 2.51. The van der Waals surface area contributed by atoms with Gasteiger partial charge in [0.05, 0.1) is 12.4 Å². The van der Waals surface area contributed by atoms with E-state index >= 15 is 0 Å². The van der Waals surface area contributed by atoms with Crippen molar-refractivity contribution in [2.75, 3.05) is 18.0 Å². The van der Waals surface area contributed by atoms with Gasteiger partial charge < -0.3 is 10.0 Å². The van der Waals surface area contributed by atoms with Crippen molar-refractivity contribution in [1.29, 1.82) is 0 Å². The van der Waals surface area contributed by atoms with Gasteiger partial charge in [-0.1, -0.05) is 6.92 Å². The largest absolute Gasteiger partial charge is 0.476 e. The summed E-state index contributed by atoms with van der Waals surface area (Å²) < 4.78 is 0. The average Bonchev–Trinajstić information content (AvgIpc) is 3.24. The number of carboxylic acids is 1. The van der Waals surface area contributed by atoms with Gasteiger partial charge in [0.2, 0.25) is 0 Å². The predicted octanol–water partition coefficient (Wildman–Crippen LogP) is 2.19. The van der Waals surface area contributed by atoms with Crippen molar-refractivity contribution < 1.29 is 9.90 Å². The van der Waals surface area contributed by atoms with Gasteiger partial charge >= 0.3 is 5.97 Å². The maximum absolute atomic E-state index is 10.7. The van der Waals surface area contributed by atoms with Crippen molar-refractivity contribution >= 4 is 11.8 Å². The molecule has 19 heavy (non-hydrogen) atoms. The van der Waals surface area contributed by atoms with Gasteiger partial charge in [-0.2, -0.15) is 0 Å². The molecule has 1 aliphatic heterocycles. The monoisotopic (exact) mass is 261 g/mol. The molecule has 0 unspecified atom stereocenters. The van der Waals surface area contributed by atoms with Gasteiger partial charge in [0, 0.05) is 13.1 Å². The molecule has 0 atom stereocenters. The molecular weight excluding hydrogens is 242 g/mol. The van der Waals surface area contributed by atoms with Gasteiger partial charge in [0.25, 0.3) is 0 Å². The summed E-state index contributed by atoms with van der Waals surface area (Å²) in [4.78, 5) is 21.1.